The lowest BCUT2D eigenvalue weighted by Crippen LogP contribution is -1.97. The topological polar surface area (TPSA) is 52.0 Å². The Balaban J connectivity index is 2.69. The van der Waals surface area contributed by atoms with Crippen LogP contribution in [-0.4, -0.2) is 0 Å². The molecule has 2 rings (SSSR count). The summed E-state index contributed by atoms with van der Waals surface area (Å²) in [4.78, 5) is 0. The molecule has 82 valence electrons. The second-order valence-corrected chi connectivity index (χ2v) is 4.76. The average molecular weight is 298 g/mol. The van der Waals surface area contributed by atoms with Gasteiger partial charge < -0.3 is 11.5 Å². The highest BCUT2D eigenvalue weighted by Crippen LogP contribution is 2.36. The molecule has 0 atom stereocenters. The molecule has 16 heavy (non-hydrogen) atoms. The van der Waals surface area contributed by atoms with Crippen molar-refractivity contribution < 1.29 is 0 Å². The van der Waals surface area contributed by atoms with Crippen LogP contribution in [0.4, 0.5) is 11.4 Å². The minimum atomic E-state index is 0.546. The van der Waals surface area contributed by atoms with Gasteiger partial charge in [0.05, 0.1) is 11.4 Å². The molecule has 0 saturated heterocycles. The second-order valence-electron chi connectivity index (χ2n) is 3.44. The largest absolute Gasteiger partial charge is 0.397 e. The van der Waals surface area contributed by atoms with Gasteiger partial charge in [-0.25, -0.2) is 0 Å². The van der Waals surface area contributed by atoms with Crippen LogP contribution < -0.4 is 11.5 Å². The van der Waals surface area contributed by atoms with E-state index in [-0.39, 0.29) is 0 Å². The van der Waals surface area contributed by atoms with Crippen LogP contribution in [0.15, 0.2) is 40.9 Å². The molecule has 4 N–H and O–H groups in total. The second kappa shape index (κ2) is 4.36. The summed E-state index contributed by atoms with van der Waals surface area (Å²) in [6.45, 7) is 0. The lowest BCUT2D eigenvalue weighted by atomic mass is 10.0. The van der Waals surface area contributed by atoms with E-state index in [1.165, 1.54) is 0 Å². The predicted octanol–water partition coefficient (Wildman–Crippen LogP) is 3.93. The molecule has 0 amide bonds. The zero-order chi connectivity index (χ0) is 11.7. The van der Waals surface area contributed by atoms with E-state index in [0.29, 0.717) is 16.4 Å². The average Bonchev–Trinajstić information content (AvgIpc) is 2.24. The smallest absolute Gasteiger partial charge is 0.0628 e. The quantitative estimate of drug-likeness (QED) is 0.784. The number of benzene rings is 2. The zero-order valence-electron chi connectivity index (χ0n) is 8.37. The van der Waals surface area contributed by atoms with Gasteiger partial charge in [-0.1, -0.05) is 45.7 Å². The number of hydrogen-bond donors (Lipinski definition) is 2. The third-order valence-corrected chi connectivity index (χ3v) is 3.13. The molecule has 0 aliphatic rings. The summed E-state index contributed by atoms with van der Waals surface area (Å²) >= 11 is 9.51. The third kappa shape index (κ3) is 2.01. The third-order valence-electron chi connectivity index (χ3n) is 2.34. The van der Waals surface area contributed by atoms with Gasteiger partial charge in [-0.2, -0.15) is 0 Å². The first-order valence-electron chi connectivity index (χ1n) is 4.69. The van der Waals surface area contributed by atoms with E-state index in [2.05, 4.69) is 15.9 Å². The van der Waals surface area contributed by atoms with Crippen molar-refractivity contribution in [2.75, 3.05) is 11.5 Å². The van der Waals surface area contributed by atoms with Gasteiger partial charge in [0.25, 0.3) is 0 Å². The summed E-state index contributed by atoms with van der Waals surface area (Å²) in [7, 11) is 0. The van der Waals surface area contributed by atoms with Crippen molar-refractivity contribution in [3.05, 3.63) is 45.9 Å². The van der Waals surface area contributed by atoms with E-state index in [9.17, 15) is 0 Å². The Labute approximate surface area is 107 Å². The Morgan fingerprint density at radius 3 is 2.38 bits per heavy atom. The van der Waals surface area contributed by atoms with Gasteiger partial charge in [0.1, 0.15) is 0 Å². The van der Waals surface area contributed by atoms with Crippen molar-refractivity contribution in [3.63, 3.8) is 0 Å². The van der Waals surface area contributed by atoms with Gasteiger partial charge in [0, 0.05) is 20.6 Å². The highest BCUT2D eigenvalue weighted by Gasteiger charge is 2.09. The molecule has 2 aromatic carbocycles. The summed E-state index contributed by atoms with van der Waals surface area (Å²) in [5, 5.41) is 0.659. The van der Waals surface area contributed by atoms with E-state index in [4.69, 9.17) is 23.1 Å². The summed E-state index contributed by atoms with van der Waals surface area (Å²) < 4.78 is 0.883. The summed E-state index contributed by atoms with van der Waals surface area (Å²) in [6.07, 6.45) is 0. The number of nitrogen functional groups attached to an aromatic ring is 2. The Kier molecular flexibility index (Phi) is 3.08. The van der Waals surface area contributed by atoms with Gasteiger partial charge in [-0.15, -0.1) is 0 Å². The van der Waals surface area contributed by atoms with Crippen LogP contribution in [0.3, 0.4) is 0 Å². The molecule has 0 saturated carbocycles. The van der Waals surface area contributed by atoms with Crippen LogP contribution >= 0.6 is 27.5 Å². The van der Waals surface area contributed by atoms with E-state index in [1.807, 2.05) is 30.3 Å². The monoisotopic (exact) mass is 296 g/mol. The van der Waals surface area contributed by atoms with Crippen molar-refractivity contribution in [2.24, 2.45) is 0 Å². The number of hydrogen-bond acceptors (Lipinski definition) is 2. The van der Waals surface area contributed by atoms with E-state index in [0.717, 1.165) is 15.6 Å². The SMILES string of the molecule is Nc1cc(Br)cc(-c2ccccc2Cl)c1N. The molecule has 0 heterocycles. The van der Waals surface area contributed by atoms with Crippen LogP contribution in [0.5, 0.6) is 0 Å². The van der Waals surface area contributed by atoms with Gasteiger partial charge in [-0.05, 0) is 18.2 Å². The van der Waals surface area contributed by atoms with Crippen molar-refractivity contribution >= 4 is 38.9 Å². The number of halogens is 2. The fourth-order valence-electron chi connectivity index (χ4n) is 1.54. The van der Waals surface area contributed by atoms with Gasteiger partial charge in [0.2, 0.25) is 0 Å². The molecular weight excluding hydrogens is 288 g/mol. The van der Waals surface area contributed by atoms with Crippen LogP contribution in [0, 0.1) is 0 Å². The first kappa shape index (κ1) is 11.3. The van der Waals surface area contributed by atoms with Crippen LogP contribution in [-0.2, 0) is 0 Å². The number of rotatable bonds is 1. The standard InChI is InChI=1S/C12H10BrClN2/c13-7-5-9(12(16)11(15)6-7)8-3-1-2-4-10(8)14/h1-6H,15-16H2. The summed E-state index contributed by atoms with van der Waals surface area (Å²) in [6, 6.07) is 11.2. The van der Waals surface area contributed by atoms with Crippen LogP contribution in [0.2, 0.25) is 5.02 Å². The van der Waals surface area contributed by atoms with Crippen molar-refractivity contribution in [1.29, 1.82) is 0 Å². The lowest BCUT2D eigenvalue weighted by Gasteiger charge is -2.10. The van der Waals surface area contributed by atoms with E-state index in [1.54, 1.807) is 6.07 Å². The summed E-state index contributed by atoms with van der Waals surface area (Å²) in [5.74, 6) is 0. The van der Waals surface area contributed by atoms with Crippen molar-refractivity contribution in [1.82, 2.24) is 0 Å². The molecule has 0 spiro atoms. The molecule has 0 fully saturated rings. The molecule has 0 unspecified atom stereocenters. The minimum Gasteiger partial charge on any atom is -0.397 e. The molecule has 0 aromatic heterocycles. The maximum Gasteiger partial charge on any atom is 0.0628 e. The maximum absolute atomic E-state index is 6.12. The van der Waals surface area contributed by atoms with Crippen molar-refractivity contribution in [2.45, 2.75) is 0 Å². The molecule has 0 aliphatic carbocycles. The predicted molar refractivity (Wildman–Crippen MR) is 73.4 cm³/mol. The van der Waals surface area contributed by atoms with E-state index < -0.39 is 0 Å². The molecule has 4 heteroatoms. The van der Waals surface area contributed by atoms with Gasteiger partial charge in [-0.3, -0.25) is 0 Å². The molecule has 0 aliphatic heterocycles. The first-order chi connectivity index (χ1) is 7.59. The van der Waals surface area contributed by atoms with Gasteiger partial charge in [0.15, 0.2) is 0 Å². The first-order valence-corrected chi connectivity index (χ1v) is 5.86. The summed E-state index contributed by atoms with van der Waals surface area (Å²) in [5.41, 5.74) is 14.6. The normalized spacial score (nSPS) is 10.4. The van der Waals surface area contributed by atoms with Gasteiger partial charge >= 0.3 is 0 Å². The maximum atomic E-state index is 6.12. The molecule has 0 bridgehead atoms. The Morgan fingerprint density at radius 1 is 1.00 bits per heavy atom. The number of nitrogens with two attached hydrogens (primary N) is 2. The zero-order valence-corrected chi connectivity index (χ0v) is 10.7. The number of anilines is 2. The highest BCUT2D eigenvalue weighted by molar-refractivity contribution is 9.10. The van der Waals surface area contributed by atoms with Crippen LogP contribution in [0.1, 0.15) is 0 Å². The molecule has 2 aromatic rings. The fourth-order valence-corrected chi connectivity index (χ4v) is 2.25. The van der Waals surface area contributed by atoms with Crippen molar-refractivity contribution in [3.8, 4) is 11.1 Å². The fraction of sp³-hybridized carbons (Fsp3) is 0. The molecular formula is C12H10BrClN2. The Morgan fingerprint density at radius 2 is 1.69 bits per heavy atom. The molecule has 2 nitrogen and oxygen atoms in total. The Bertz CT molecular complexity index is 541. The van der Waals surface area contributed by atoms with Crippen LogP contribution in [0.25, 0.3) is 11.1 Å². The highest BCUT2D eigenvalue weighted by atomic mass is 79.9. The molecule has 0 radical (unpaired) electrons. The lowest BCUT2D eigenvalue weighted by molar-refractivity contribution is 1.58. The minimum absolute atomic E-state index is 0.546. The Hall–Kier alpha value is -1.19. The van der Waals surface area contributed by atoms with E-state index >= 15 is 0 Å².